The van der Waals surface area contributed by atoms with Gasteiger partial charge in [0.05, 0.1) is 11.7 Å². The average Bonchev–Trinajstić information content (AvgIpc) is 3.17. The summed E-state index contributed by atoms with van der Waals surface area (Å²) >= 11 is 0. The molecule has 1 N–H and O–H groups in total. The van der Waals surface area contributed by atoms with Gasteiger partial charge < -0.3 is 10.2 Å². The lowest BCUT2D eigenvalue weighted by atomic mass is 10.1. The second-order valence-electron chi connectivity index (χ2n) is 6.10. The molecule has 0 fully saturated rings. The minimum absolute atomic E-state index is 0.0743. The molecule has 3 aromatic rings. The van der Waals surface area contributed by atoms with Gasteiger partial charge in [-0.25, -0.2) is 4.68 Å². The largest absolute Gasteiger partial charge is 0.350 e. The first-order valence-electron chi connectivity index (χ1n) is 8.25. The SMILES string of the molecule is CN(C)[C@@H](CNC(=O)c1ccc(-n2cccn2)cc1)c1ccccc1. The van der Waals surface area contributed by atoms with E-state index in [1.54, 1.807) is 10.9 Å². The van der Waals surface area contributed by atoms with Crippen LogP contribution in [0.3, 0.4) is 0 Å². The molecule has 0 aliphatic rings. The molecule has 1 heterocycles. The molecule has 0 bridgehead atoms. The zero-order valence-electron chi connectivity index (χ0n) is 14.5. The summed E-state index contributed by atoms with van der Waals surface area (Å²) in [6.45, 7) is 0.552. The van der Waals surface area contributed by atoms with E-state index in [0.29, 0.717) is 12.1 Å². The van der Waals surface area contributed by atoms with Gasteiger partial charge in [0.2, 0.25) is 0 Å². The zero-order valence-corrected chi connectivity index (χ0v) is 14.5. The number of likely N-dealkylation sites (N-methyl/N-ethyl adjacent to an activating group) is 1. The first kappa shape index (κ1) is 16.9. The Bertz CT molecular complexity index is 795. The highest BCUT2D eigenvalue weighted by atomic mass is 16.1. The molecule has 2 aromatic carbocycles. The van der Waals surface area contributed by atoms with Crippen molar-refractivity contribution >= 4 is 5.91 Å². The van der Waals surface area contributed by atoms with Crippen molar-refractivity contribution in [1.29, 1.82) is 0 Å². The third-order valence-corrected chi connectivity index (χ3v) is 4.16. The van der Waals surface area contributed by atoms with Crippen LogP contribution in [0, 0.1) is 0 Å². The maximum atomic E-state index is 12.4. The molecule has 128 valence electrons. The fraction of sp³-hybridized carbons (Fsp3) is 0.200. The van der Waals surface area contributed by atoms with E-state index < -0.39 is 0 Å². The molecule has 25 heavy (non-hydrogen) atoms. The van der Waals surface area contributed by atoms with Crippen LogP contribution >= 0.6 is 0 Å². The Morgan fingerprint density at radius 1 is 1.08 bits per heavy atom. The Morgan fingerprint density at radius 3 is 2.40 bits per heavy atom. The normalized spacial score (nSPS) is 12.1. The molecule has 0 saturated heterocycles. The molecule has 0 saturated carbocycles. The summed E-state index contributed by atoms with van der Waals surface area (Å²) in [5.41, 5.74) is 2.75. The fourth-order valence-electron chi connectivity index (χ4n) is 2.75. The van der Waals surface area contributed by atoms with Gasteiger partial charge in [-0.2, -0.15) is 5.10 Å². The number of nitrogens with one attached hydrogen (secondary N) is 1. The van der Waals surface area contributed by atoms with E-state index in [2.05, 4.69) is 27.4 Å². The van der Waals surface area contributed by atoms with E-state index in [-0.39, 0.29) is 11.9 Å². The highest BCUT2D eigenvalue weighted by molar-refractivity contribution is 5.94. The molecule has 0 unspecified atom stereocenters. The van der Waals surface area contributed by atoms with Gasteiger partial charge in [0, 0.05) is 24.5 Å². The van der Waals surface area contributed by atoms with Crippen molar-refractivity contribution in [2.75, 3.05) is 20.6 Å². The van der Waals surface area contributed by atoms with E-state index in [1.807, 2.05) is 68.8 Å². The predicted molar refractivity (Wildman–Crippen MR) is 98.8 cm³/mol. The molecule has 0 aliphatic carbocycles. The van der Waals surface area contributed by atoms with Crippen molar-refractivity contribution in [3.63, 3.8) is 0 Å². The van der Waals surface area contributed by atoms with E-state index in [4.69, 9.17) is 0 Å². The van der Waals surface area contributed by atoms with Gasteiger partial charge in [-0.3, -0.25) is 4.79 Å². The van der Waals surface area contributed by atoms with Gasteiger partial charge in [-0.05, 0) is 50.0 Å². The van der Waals surface area contributed by atoms with Gasteiger partial charge in [-0.1, -0.05) is 30.3 Å². The number of amides is 1. The first-order valence-corrected chi connectivity index (χ1v) is 8.25. The lowest BCUT2D eigenvalue weighted by molar-refractivity contribution is 0.0942. The topological polar surface area (TPSA) is 50.2 Å². The van der Waals surface area contributed by atoms with Crippen LogP contribution in [0.5, 0.6) is 0 Å². The number of hydrogen-bond donors (Lipinski definition) is 1. The number of aromatic nitrogens is 2. The van der Waals surface area contributed by atoms with Crippen LogP contribution in [-0.4, -0.2) is 41.2 Å². The number of nitrogens with zero attached hydrogens (tertiary/aromatic N) is 3. The molecule has 3 rings (SSSR count). The molecule has 0 aliphatic heterocycles. The van der Waals surface area contributed by atoms with Crippen molar-refractivity contribution in [3.05, 3.63) is 84.2 Å². The van der Waals surface area contributed by atoms with Crippen molar-refractivity contribution in [3.8, 4) is 5.69 Å². The molecule has 0 spiro atoms. The summed E-state index contributed by atoms with van der Waals surface area (Å²) in [7, 11) is 4.03. The lowest BCUT2D eigenvalue weighted by Crippen LogP contribution is -2.34. The third kappa shape index (κ3) is 4.14. The van der Waals surface area contributed by atoms with E-state index in [9.17, 15) is 4.79 Å². The van der Waals surface area contributed by atoms with Crippen LogP contribution in [0.4, 0.5) is 0 Å². The molecular formula is C20H22N4O. The van der Waals surface area contributed by atoms with Crippen LogP contribution in [0.1, 0.15) is 22.0 Å². The summed E-state index contributed by atoms with van der Waals surface area (Å²) in [5, 5.41) is 7.21. The van der Waals surface area contributed by atoms with Crippen LogP contribution in [-0.2, 0) is 0 Å². The molecular weight excluding hydrogens is 312 g/mol. The minimum atomic E-state index is -0.0743. The second kappa shape index (κ2) is 7.77. The average molecular weight is 334 g/mol. The van der Waals surface area contributed by atoms with Crippen molar-refractivity contribution in [2.24, 2.45) is 0 Å². The van der Waals surface area contributed by atoms with Crippen LogP contribution in [0.2, 0.25) is 0 Å². The van der Waals surface area contributed by atoms with Gasteiger partial charge in [0.1, 0.15) is 0 Å². The molecule has 1 aromatic heterocycles. The zero-order chi connectivity index (χ0) is 17.6. The van der Waals surface area contributed by atoms with Gasteiger partial charge in [0.15, 0.2) is 0 Å². The van der Waals surface area contributed by atoms with Crippen LogP contribution in [0.15, 0.2) is 73.1 Å². The molecule has 1 atom stereocenters. The van der Waals surface area contributed by atoms with Crippen molar-refractivity contribution in [1.82, 2.24) is 20.0 Å². The van der Waals surface area contributed by atoms with Crippen molar-refractivity contribution < 1.29 is 4.79 Å². The number of benzene rings is 2. The highest BCUT2D eigenvalue weighted by Crippen LogP contribution is 2.17. The van der Waals surface area contributed by atoms with E-state index in [1.165, 1.54) is 5.56 Å². The Labute approximate surface area is 147 Å². The number of hydrogen-bond acceptors (Lipinski definition) is 3. The van der Waals surface area contributed by atoms with Crippen LogP contribution in [0.25, 0.3) is 5.69 Å². The van der Waals surface area contributed by atoms with Crippen LogP contribution < -0.4 is 5.32 Å². The maximum absolute atomic E-state index is 12.4. The number of carbonyl (C=O) groups is 1. The van der Waals surface area contributed by atoms with E-state index >= 15 is 0 Å². The third-order valence-electron chi connectivity index (χ3n) is 4.16. The minimum Gasteiger partial charge on any atom is -0.350 e. The first-order chi connectivity index (χ1) is 12.1. The van der Waals surface area contributed by atoms with Gasteiger partial charge in [0.25, 0.3) is 5.91 Å². The predicted octanol–water partition coefficient (Wildman–Crippen LogP) is 2.91. The number of carbonyl (C=O) groups excluding carboxylic acids is 1. The summed E-state index contributed by atoms with van der Waals surface area (Å²) in [6, 6.07) is 19.6. The molecule has 1 amide bonds. The second-order valence-corrected chi connectivity index (χ2v) is 6.10. The lowest BCUT2D eigenvalue weighted by Gasteiger charge is -2.25. The van der Waals surface area contributed by atoms with Crippen molar-refractivity contribution in [2.45, 2.75) is 6.04 Å². The smallest absolute Gasteiger partial charge is 0.251 e. The molecule has 0 radical (unpaired) electrons. The molecule has 5 heteroatoms. The summed E-state index contributed by atoms with van der Waals surface area (Å²) in [4.78, 5) is 14.6. The maximum Gasteiger partial charge on any atom is 0.251 e. The quantitative estimate of drug-likeness (QED) is 0.754. The number of rotatable bonds is 6. The Kier molecular flexibility index (Phi) is 5.26. The standard InChI is InChI=1S/C20H22N4O/c1-23(2)19(16-7-4-3-5-8-16)15-21-20(25)17-9-11-18(12-10-17)24-14-6-13-22-24/h3-14,19H,15H2,1-2H3,(H,21,25)/t19-/m0/s1. The Morgan fingerprint density at radius 2 is 1.80 bits per heavy atom. The molecule has 5 nitrogen and oxygen atoms in total. The monoisotopic (exact) mass is 334 g/mol. The summed E-state index contributed by atoms with van der Waals surface area (Å²) in [6.07, 6.45) is 3.60. The Hall–Kier alpha value is -2.92. The van der Waals surface area contributed by atoms with E-state index in [0.717, 1.165) is 5.69 Å². The fourth-order valence-corrected chi connectivity index (χ4v) is 2.75. The summed E-state index contributed by atoms with van der Waals surface area (Å²) in [5.74, 6) is -0.0743. The van der Waals surface area contributed by atoms with Gasteiger partial charge >= 0.3 is 0 Å². The van der Waals surface area contributed by atoms with Gasteiger partial charge in [-0.15, -0.1) is 0 Å². The Balaban J connectivity index is 1.65. The highest BCUT2D eigenvalue weighted by Gasteiger charge is 2.15. The summed E-state index contributed by atoms with van der Waals surface area (Å²) < 4.78 is 1.76.